The smallest absolute Gasteiger partial charge is 0.234 e. The number of hydrogen-bond donors (Lipinski definition) is 0. The molecule has 0 bridgehead atoms. The average Bonchev–Trinajstić information content (AvgIpc) is 2.55. The Kier molecular flexibility index (Phi) is 1.78. The van der Waals surface area contributed by atoms with Crippen LogP contribution in [0.5, 0.6) is 0 Å². The van der Waals surface area contributed by atoms with Crippen LogP contribution in [0.2, 0.25) is 0 Å². The Hall–Kier alpha value is -1.90. The minimum atomic E-state index is 0.797. The minimum absolute atomic E-state index is 0.797. The van der Waals surface area contributed by atoms with E-state index in [1.54, 1.807) is 0 Å². The minimum Gasteiger partial charge on any atom is -0.285 e. The topological polar surface area (TPSA) is 30.2 Å². The molecule has 16 heavy (non-hydrogen) atoms. The van der Waals surface area contributed by atoms with Gasteiger partial charge in [0.05, 0.1) is 11.2 Å². The Morgan fingerprint density at radius 2 is 1.69 bits per heavy atom. The molecule has 0 aliphatic rings. The fraction of sp³-hybridized carbons (Fsp3) is 0.231. The van der Waals surface area contributed by atoms with Gasteiger partial charge < -0.3 is 0 Å². The predicted octanol–water partition coefficient (Wildman–Crippen LogP) is 2.81. The molecule has 3 nitrogen and oxygen atoms in total. The van der Waals surface area contributed by atoms with E-state index in [1.165, 1.54) is 16.8 Å². The van der Waals surface area contributed by atoms with Gasteiger partial charge in [-0.1, -0.05) is 18.2 Å². The van der Waals surface area contributed by atoms with E-state index in [9.17, 15) is 0 Å². The lowest BCUT2D eigenvalue weighted by Gasteiger charge is -2.06. The second kappa shape index (κ2) is 3.04. The fourth-order valence-electron chi connectivity index (χ4n) is 2.17. The van der Waals surface area contributed by atoms with Crippen molar-refractivity contribution >= 4 is 16.7 Å². The van der Waals surface area contributed by atoms with Crippen LogP contribution >= 0.6 is 0 Å². The quantitative estimate of drug-likeness (QED) is 0.572. The zero-order valence-corrected chi connectivity index (χ0v) is 9.65. The lowest BCUT2D eigenvalue weighted by atomic mass is 10.2. The van der Waals surface area contributed by atoms with Crippen LogP contribution in [0.1, 0.15) is 17.1 Å². The Labute approximate surface area is 93.8 Å². The molecule has 0 spiro atoms. The highest BCUT2D eigenvalue weighted by atomic mass is 15.1. The molecular formula is C13H13N3. The molecule has 0 amide bonds. The van der Waals surface area contributed by atoms with Crippen molar-refractivity contribution in [2.75, 3.05) is 0 Å². The number of rotatable bonds is 0. The van der Waals surface area contributed by atoms with Gasteiger partial charge in [-0.3, -0.25) is 4.40 Å². The van der Waals surface area contributed by atoms with Crippen LogP contribution < -0.4 is 0 Å². The van der Waals surface area contributed by atoms with E-state index in [0.29, 0.717) is 0 Å². The van der Waals surface area contributed by atoms with E-state index in [0.717, 1.165) is 17.0 Å². The van der Waals surface area contributed by atoms with Gasteiger partial charge in [0.25, 0.3) is 0 Å². The Morgan fingerprint density at radius 3 is 2.50 bits per heavy atom. The first-order chi connectivity index (χ1) is 7.68. The molecule has 1 aromatic carbocycles. The molecule has 0 unspecified atom stereocenters. The number of benzene rings is 1. The summed E-state index contributed by atoms with van der Waals surface area (Å²) in [6.45, 7) is 6.22. The van der Waals surface area contributed by atoms with Gasteiger partial charge in [0.2, 0.25) is 5.78 Å². The van der Waals surface area contributed by atoms with E-state index in [4.69, 9.17) is 0 Å². The van der Waals surface area contributed by atoms with Crippen LogP contribution in [-0.2, 0) is 0 Å². The second-order valence-corrected chi connectivity index (χ2v) is 4.13. The predicted molar refractivity (Wildman–Crippen MR) is 64.7 cm³/mol. The summed E-state index contributed by atoms with van der Waals surface area (Å²) >= 11 is 0. The van der Waals surface area contributed by atoms with Crippen molar-refractivity contribution in [2.45, 2.75) is 20.8 Å². The van der Waals surface area contributed by atoms with Gasteiger partial charge >= 0.3 is 0 Å². The van der Waals surface area contributed by atoms with Crippen molar-refractivity contribution in [1.82, 2.24) is 14.4 Å². The number of imidazole rings is 1. The first kappa shape index (κ1) is 9.33. The molecule has 0 N–H and O–H groups in total. The molecule has 0 aliphatic carbocycles. The van der Waals surface area contributed by atoms with Crippen LogP contribution in [0.25, 0.3) is 16.7 Å². The van der Waals surface area contributed by atoms with Gasteiger partial charge in [0.15, 0.2) is 0 Å². The molecule has 2 aromatic heterocycles. The van der Waals surface area contributed by atoms with Gasteiger partial charge in [0, 0.05) is 16.8 Å². The molecule has 0 aliphatic heterocycles. The van der Waals surface area contributed by atoms with Crippen molar-refractivity contribution in [2.24, 2.45) is 0 Å². The lowest BCUT2D eigenvalue weighted by Crippen LogP contribution is -1.97. The molecule has 80 valence electrons. The van der Waals surface area contributed by atoms with Gasteiger partial charge in [-0.05, 0) is 26.8 Å². The molecule has 3 aromatic rings. The normalized spacial score (nSPS) is 11.4. The summed E-state index contributed by atoms with van der Waals surface area (Å²) in [6, 6.07) is 8.18. The Morgan fingerprint density at radius 1 is 0.938 bits per heavy atom. The van der Waals surface area contributed by atoms with Crippen LogP contribution in [-0.4, -0.2) is 14.4 Å². The SMILES string of the molecule is Cc1nc2nc3ccccc3c(C)n2c1C. The van der Waals surface area contributed by atoms with Crippen molar-refractivity contribution in [3.05, 3.63) is 41.3 Å². The summed E-state index contributed by atoms with van der Waals surface area (Å²) in [4.78, 5) is 9.05. The van der Waals surface area contributed by atoms with E-state index in [-0.39, 0.29) is 0 Å². The van der Waals surface area contributed by atoms with Gasteiger partial charge in [-0.2, -0.15) is 0 Å². The number of nitrogens with zero attached hydrogens (tertiary/aromatic N) is 3. The van der Waals surface area contributed by atoms with E-state index in [1.807, 2.05) is 25.1 Å². The van der Waals surface area contributed by atoms with Gasteiger partial charge in [-0.15, -0.1) is 0 Å². The van der Waals surface area contributed by atoms with Gasteiger partial charge in [-0.25, -0.2) is 9.97 Å². The third kappa shape index (κ3) is 1.08. The molecule has 0 atom stereocenters. The molecule has 0 radical (unpaired) electrons. The molecule has 2 heterocycles. The van der Waals surface area contributed by atoms with Crippen LogP contribution in [0.4, 0.5) is 0 Å². The standard InChI is InChI=1S/C13H13N3/c1-8-9(2)16-10(3)11-6-4-5-7-12(11)15-13(16)14-8/h4-7H,1-3H3. The lowest BCUT2D eigenvalue weighted by molar-refractivity contribution is 1.02. The average molecular weight is 211 g/mol. The van der Waals surface area contributed by atoms with E-state index >= 15 is 0 Å². The highest BCUT2D eigenvalue weighted by Crippen LogP contribution is 2.20. The van der Waals surface area contributed by atoms with Gasteiger partial charge in [0.1, 0.15) is 0 Å². The van der Waals surface area contributed by atoms with Crippen LogP contribution in [0.15, 0.2) is 24.3 Å². The number of fused-ring (bicyclic) bond motifs is 2. The zero-order valence-electron chi connectivity index (χ0n) is 9.65. The molecule has 0 saturated carbocycles. The first-order valence-corrected chi connectivity index (χ1v) is 5.39. The van der Waals surface area contributed by atoms with Crippen molar-refractivity contribution in [1.29, 1.82) is 0 Å². The third-order valence-corrected chi connectivity index (χ3v) is 3.18. The maximum Gasteiger partial charge on any atom is 0.234 e. The highest BCUT2D eigenvalue weighted by molar-refractivity contribution is 5.82. The first-order valence-electron chi connectivity index (χ1n) is 5.39. The number of hydrogen-bond acceptors (Lipinski definition) is 2. The van der Waals surface area contributed by atoms with Crippen molar-refractivity contribution < 1.29 is 0 Å². The molecule has 0 fully saturated rings. The summed E-state index contributed by atoms with van der Waals surface area (Å²) in [5.41, 5.74) is 4.44. The highest BCUT2D eigenvalue weighted by Gasteiger charge is 2.10. The monoisotopic (exact) mass is 211 g/mol. The largest absolute Gasteiger partial charge is 0.285 e. The summed E-state index contributed by atoms with van der Waals surface area (Å²) < 4.78 is 2.12. The van der Waals surface area contributed by atoms with E-state index < -0.39 is 0 Å². The Bertz CT molecular complexity index is 695. The fourth-order valence-corrected chi connectivity index (χ4v) is 2.17. The summed E-state index contributed by atoms with van der Waals surface area (Å²) in [6.07, 6.45) is 0. The van der Waals surface area contributed by atoms with Crippen molar-refractivity contribution in [3.8, 4) is 0 Å². The van der Waals surface area contributed by atoms with Crippen molar-refractivity contribution in [3.63, 3.8) is 0 Å². The van der Waals surface area contributed by atoms with Crippen LogP contribution in [0.3, 0.4) is 0 Å². The molecule has 3 heteroatoms. The number of aromatic nitrogens is 3. The van der Waals surface area contributed by atoms with Crippen LogP contribution in [0, 0.1) is 20.8 Å². The summed E-state index contributed by atoms with van der Waals surface area (Å²) in [7, 11) is 0. The maximum atomic E-state index is 4.57. The maximum absolute atomic E-state index is 4.57. The summed E-state index contributed by atoms with van der Waals surface area (Å²) in [5.74, 6) is 0.797. The summed E-state index contributed by atoms with van der Waals surface area (Å²) in [5, 5.41) is 1.19. The molecule has 3 rings (SSSR count). The second-order valence-electron chi connectivity index (χ2n) is 4.13. The molecule has 0 saturated heterocycles. The Balaban J connectivity index is 2.61. The number of para-hydroxylation sites is 1. The molecular weight excluding hydrogens is 198 g/mol. The van der Waals surface area contributed by atoms with E-state index in [2.05, 4.69) is 34.3 Å². The number of aryl methyl sites for hydroxylation is 3. The third-order valence-electron chi connectivity index (χ3n) is 3.18. The zero-order chi connectivity index (χ0) is 11.3.